The third kappa shape index (κ3) is 5.07. The molecule has 8 aromatic carbocycles. The average molecular weight is 742 g/mol. The van der Waals surface area contributed by atoms with E-state index in [0.29, 0.717) is 39.5 Å². The van der Waals surface area contributed by atoms with Crippen molar-refractivity contribution in [3.63, 3.8) is 0 Å². The number of benzene rings is 8. The zero-order valence-electron chi connectivity index (χ0n) is 39.5. The van der Waals surface area contributed by atoms with Crippen molar-refractivity contribution in [2.75, 3.05) is 0 Å². The van der Waals surface area contributed by atoms with Crippen LogP contribution in [0.25, 0.3) is 76.6 Å². The van der Waals surface area contributed by atoms with E-state index in [1.165, 1.54) is 20.2 Å². The summed E-state index contributed by atoms with van der Waals surface area (Å²) in [5.74, 6) is 1.04. The van der Waals surface area contributed by atoms with Crippen LogP contribution in [0.5, 0.6) is 0 Å². The molecule has 0 aliphatic heterocycles. The lowest BCUT2D eigenvalue weighted by Crippen LogP contribution is -2.28. The summed E-state index contributed by atoms with van der Waals surface area (Å²) in [5, 5.41) is 2.42. The zero-order valence-corrected chi connectivity index (χ0v) is 30.3. The van der Waals surface area contributed by atoms with E-state index >= 15 is 0 Å². The Labute approximate surface area is 343 Å². The summed E-state index contributed by atoms with van der Waals surface area (Å²) in [4.78, 5) is 15.2. The fourth-order valence-corrected chi connectivity index (χ4v) is 9.20. The van der Waals surface area contributed by atoms with Crippen molar-refractivity contribution in [3.8, 4) is 56.4 Å². The number of aromatic nitrogens is 3. The van der Waals surface area contributed by atoms with Gasteiger partial charge in [-0.25, -0.2) is 15.0 Å². The summed E-state index contributed by atoms with van der Waals surface area (Å²) in [7, 11) is 0. The Kier molecular flexibility index (Phi) is 5.54. The SMILES string of the molecule is [2H]c1c([2H])c([2H])c(C2(c3c([2H])c([2H])c([2H])c([2H])c3[2H])c3ccccc3-c3c(-c4nc(-c5ccccc5)nc(-c5ccc(-c6ccc7sc8ccccc8c7c6)cc5)n4)cccc32)c([2H])c1[2H]. The Morgan fingerprint density at radius 3 is 1.71 bits per heavy atom. The normalized spacial score (nSPS) is 15.3. The van der Waals surface area contributed by atoms with Crippen LogP contribution in [0.3, 0.4) is 0 Å². The van der Waals surface area contributed by atoms with Crippen LogP contribution >= 0.6 is 11.3 Å². The molecule has 3 nitrogen and oxygen atoms in total. The number of nitrogens with zero attached hydrogens (tertiary/aromatic N) is 3. The minimum atomic E-state index is -2.00. The van der Waals surface area contributed by atoms with Gasteiger partial charge in [0.05, 0.1) is 19.1 Å². The van der Waals surface area contributed by atoms with Crippen molar-refractivity contribution < 1.29 is 13.7 Å². The number of hydrogen-bond donors (Lipinski definition) is 0. The van der Waals surface area contributed by atoms with Crippen LogP contribution in [-0.4, -0.2) is 15.0 Å². The van der Waals surface area contributed by atoms with E-state index in [1.54, 1.807) is 41.7 Å². The van der Waals surface area contributed by atoms with Crippen LogP contribution in [0.1, 0.15) is 36.0 Å². The quantitative estimate of drug-likeness (QED) is 0.170. The highest BCUT2D eigenvalue weighted by molar-refractivity contribution is 7.25. The van der Waals surface area contributed by atoms with Gasteiger partial charge in [-0.1, -0.05) is 182 Å². The Hall–Kier alpha value is -7.01. The number of rotatable bonds is 6. The molecule has 0 saturated carbocycles. The fourth-order valence-electron chi connectivity index (χ4n) is 8.11. The Morgan fingerprint density at radius 1 is 0.411 bits per heavy atom. The van der Waals surface area contributed by atoms with Gasteiger partial charge in [-0.15, -0.1) is 11.3 Å². The highest BCUT2D eigenvalue weighted by Gasteiger charge is 2.47. The summed E-state index contributed by atoms with van der Waals surface area (Å²) >= 11 is 1.77. The third-order valence-corrected chi connectivity index (χ3v) is 11.7. The summed E-state index contributed by atoms with van der Waals surface area (Å²) in [6.45, 7) is 0. The fraction of sp³-hybridized carbons (Fsp3) is 0.0192. The molecular weight excluding hydrogens is 699 g/mol. The smallest absolute Gasteiger partial charge is 0.164 e. The first-order valence-electron chi connectivity index (χ1n) is 23.1. The van der Waals surface area contributed by atoms with Crippen molar-refractivity contribution in [2.24, 2.45) is 0 Å². The van der Waals surface area contributed by atoms with Crippen LogP contribution in [-0.2, 0) is 5.41 Å². The maximum atomic E-state index is 9.38. The molecule has 0 spiro atoms. The van der Waals surface area contributed by atoms with Gasteiger partial charge in [0.1, 0.15) is 0 Å². The predicted octanol–water partition coefficient (Wildman–Crippen LogP) is 13.3. The molecule has 0 N–H and O–H groups in total. The molecule has 2 aromatic heterocycles. The molecule has 56 heavy (non-hydrogen) atoms. The van der Waals surface area contributed by atoms with Crippen LogP contribution < -0.4 is 0 Å². The molecule has 0 fully saturated rings. The molecule has 11 rings (SSSR count). The molecule has 0 amide bonds. The summed E-state index contributed by atoms with van der Waals surface area (Å²) < 4.78 is 92.3. The first-order chi connectivity index (χ1) is 31.9. The van der Waals surface area contributed by atoms with E-state index < -0.39 is 65.8 Å². The van der Waals surface area contributed by atoms with Gasteiger partial charge in [0.15, 0.2) is 17.5 Å². The highest BCUT2D eigenvalue weighted by atomic mass is 32.1. The summed E-state index contributed by atoms with van der Waals surface area (Å²) in [6, 6.07) is 38.8. The first kappa shape index (κ1) is 23.7. The molecular formula is C52H33N3S. The molecule has 10 aromatic rings. The summed E-state index contributed by atoms with van der Waals surface area (Å²) in [5.41, 5.74) is 3.29. The van der Waals surface area contributed by atoms with Gasteiger partial charge in [-0.3, -0.25) is 0 Å². The number of hydrogen-bond acceptors (Lipinski definition) is 4. The molecule has 2 heterocycles. The minimum Gasteiger partial charge on any atom is -0.208 e. The van der Waals surface area contributed by atoms with Gasteiger partial charge in [-0.2, -0.15) is 0 Å². The van der Waals surface area contributed by atoms with Gasteiger partial charge in [0.25, 0.3) is 0 Å². The van der Waals surface area contributed by atoms with Gasteiger partial charge < -0.3 is 0 Å². The second kappa shape index (κ2) is 13.1. The van der Waals surface area contributed by atoms with Crippen molar-refractivity contribution in [1.29, 1.82) is 0 Å². The molecule has 4 heteroatoms. The zero-order chi connectivity index (χ0) is 45.8. The van der Waals surface area contributed by atoms with E-state index in [0.717, 1.165) is 22.3 Å². The van der Waals surface area contributed by atoms with Crippen LogP contribution in [0, 0.1) is 0 Å². The molecule has 262 valence electrons. The molecule has 0 saturated heterocycles. The topological polar surface area (TPSA) is 38.7 Å². The predicted molar refractivity (Wildman–Crippen MR) is 232 cm³/mol. The molecule has 1 aliphatic carbocycles. The average Bonchev–Trinajstić information content (AvgIpc) is 3.87. The summed E-state index contributed by atoms with van der Waals surface area (Å²) in [6.07, 6.45) is 0. The minimum absolute atomic E-state index is 0.247. The van der Waals surface area contributed by atoms with E-state index in [2.05, 4.69) is 42.5 Å². The van der Waals surface area contributed by atoms with E-state index in [4.69, 9.17) is 23.2 Å². The highest BCUT2D eigenvalue weighted by Crippen LogP contribution is 2.58. The van der Waals surface area contributed by atoms with Crippen molar-refractivity contribution in [1.82, 2.24) is 15.0 Å². The maximum Gasteiger partial charge on any atom is 0.164 e. The standard InChI is InChI=1S/C52H33N3S/c1-4-15-35(16-5-1)49-53-50(36-29-27-34(28-30-36)37-31-32-47-43(33-37)40-21-11-13-26-46(40)56-47)55-51(54-49)42-23-14-25-45-48(42)41-22-10-12-24-44(41)52(45,38-17-6-2-7-18-38)39-19-8-3-9-20-39/h1-33H/i2D,3D,6D,7D,8D,9D,17D,18D,19D,20D. The molecule has 0 bridgehead atoms. The lowest BCUT2D eigenvalue weighted by molar-refractivity contribution is 0.768. The Morgan fingerprint density at radius 2 is 0.964 bits per heavy atom. The second-order valence-electron chi connectivity index (χ2n) is 13.6. The first-order valence-corrected chi connectivity index (χ1v) is 18.9. The number of thiophene rings is 1. The lowest BCUT2D eigenvalue weighted by Gasteiger charge is -2.33. The molecule has 0 radical (unpaired) electrons. The molecule has 0 unspecified atom stereocenters. The van der Waals surface area contributed by atoms with Crippen molar-refractivity contribution in [2.45, 2.75) is 5.41 Å². The van der Waals surface area contributed by atoms with Crippen LogP contribution in [0.2, 0.25) is 0 Å². The van der Waals surface area contributed by atoms with E-state index in [9.17, 15) is 5.48 Å². The lowest BCUT2D eigenvalue weighted by atomic mass is 9.67. The van der Waals surface area contributed by atoms with Gasteiger partial charge in [-0.05, 0) is 62.7 Å². The Balaban J connectivity index is 1.16. The van der Waals surface area contributed by atoms with E-state index in [-0.39, 0.29) is 17.0 Å². The molecule has 0 atom stereocenters. The van der Waals surface area contributed by atoms with E-state index in [1.807, 2.05) is 66.7 Å². The Bertz CT molecular complexity index is 3540. The maximum absolute atomic E-state index is 9.38. The van der Waals surface area contributed by atoms with Crippen LogP contribution in [0.4, 0.5) is 0 Å². The van der Waals surface area contributed by atoms with Crippen LogP contribution in [0.15, 0.2) is 200 Å². The van der Waals surface area contributed by atoms with Crippen molar-refractivity contribution >= 4 is 31.5 Å². The third-order valence-electron chi connectivity index (χ3n) is 10.6. The number of fused-ring (bicyclic) bond motifs is 6. The van der Waals surface area contributed by atoms with Gasteiger partial charge >= 0.3 is 0 Å². The largest absolute Gasteiger partial charge is 0.208 e. The second-order valence-corrected chi connectivity index (χ2v) is 14.7. The monoisotopic (exact) mass is 741 g/mol. The van der Waals surface area contributed by atoms with Gasteiger partial charge in [0, 0.05) is 36.9 Å². The molecule has 1 aliphatic rings. The van der Waals surface area contributed by atoms with Crippen molar-refractivity contribution in [3.05, 3.63) is 222 Å². The van der Waals surface area contributed by atoms with Gasteiger partial charge in [0.2, 0.25) is 0 Å².